The fourth-order valence-electron chi connectivity index (χ4n) is 6.69. The lowest BCUT2D eigenvalue weighted by Gasteiger charge is -2.34. The molecule has 0 bridgehead atoms. The summed E-state index contributed by atoms with van der Waals surface area (Å²) in [5, 5.41) is 23.6. The summed E-state index contributed by atoms with van der Waals surface area (Å²) in [5.41, 5.74) is 0.619. The Bertz CT molecular complexity index is 1920. The van der Waals surface area contributed by atoms with Crippen LogP contribution in [-0.2, 0) is 22.7 Å². The third-order valence-corrected chi connectivity index (χ3v) is 9.82. The van der Waals surface area contributed by atoms with Crippen molar-refractivity contribution in [1.82, 2.24) is 19.9 Å². The van der Waals surface area contributed by atoms with Gasteiger partial charge in [0.15, 0.2) is 11.6 Å². The third kappa shape index (κ3) is 5.41. The molecule has 3 aliphatic heterocycles. The topological polar surface area (TPSA) is 137 Å². The molecule has 2 N–H and O–H groups in total. The number of aliphatic hydroxyl groups is 1. The van der Waals surface area contributed by atoms with Gasteiger partial charge >= 0.3 is 6.09 Å². The maximum atomic E-state index is 16.9. The Balaban J connectivity index is 1.32. The highest BCUT2D eigenvalue weighted by atomic mass is 32.1. The maximum Gasteiger partial charge on any atom is 0.412 e. The van der Waals surface area contributed by atoms with Crippen molar-refractivity contribution in [3.8, 4) is 17.3 Å². The first-order valence-electron chi connectivity index (χ1n) is 15.3. The quantitative estimate of drug-likeness (QED) is 0.293. The van der Waals surface area contributed by atoms with Crippen molar-refractivity contribution >= 4 is 49.4 Å². The van der Waals surface area contributed by atoms with Crippen molar-refractivity contribution in [1.29, 1.82) is 5.26 Å². The van der Waals surface area contributed by atoms with Crippen molar-refractivity contribution in [3.63, 3.8) is 0 Å². The van der Waals surface area contributed by atoms with Gasteiger partial charge in [-0.05, 0) is 57.7 Å². The summed E-state index contributed by atoms with van der Waals surface area (Å²) < 4.78 is 43.2. The summed E-state index contributed by atoms with van der Waals surface area (Å²) >= 11 is 0.857. The number of nitriles is 1. The van der Waals surface area contributed by atoms with Gasteiger partial charge in [-0.25, -0.2) is 23.5 Å². The average Bonchev–Trinajstić information content (AvgIpc) is 3.76. The second kappa shape index (κ2) is 11.6. The highest BCUT2D eigenvalue weighted by Crippen LogP contribution is 2.46. The summed E-state index contributed by atoms with van der Waals surface area (Å²) in [4.78, 5) is 30.6. The van der Waals surface area contributed by atoms with Gasteiger partial charge in [0, 0.05) is 48.2 Å². The van der Waals surface area contributed by atoms with Crippen molar-refractivity contribution in [2.45, 2.75) is 71.0 Å². The number of amides is 1. The molecule has 7 rings (SSSR count). The minimum absolute atomic E-state index is 0.0469. The van der Waals surface area contributed by atoms with E-state index in [2.05, 4.69) is 26.3 Å². The molecule has 3 aromatic heterocycles. The van der Waals surface area contributed by atoms with Gasteiger partial charge in [-0.3, -0.25) is 15.2 Å². The zero-order chi connectivity index (χ0) is 32.3. The average molecular weight is 650 g/mol. The minimum Gasteiger partial charge on any atom is -0.444 e. The number of β-amino-alcohol motifs (C(OH)–C–C–N with tert-alkyl or cyclic N) is 1. The molecule has 0 unspecified atom stereocenters. The monoisotopic (exact) mass is 649 g/mol. The fraction of sp³-hybridized carbons (Fsp3) is 0.469. The first-order valence-corrected chi connectivity index (χ1v) is 16.1. The molecule has 6 heterocycles. The van der Waals surface area contributed by atoms with E-state index >= 15 is 8.78 Å². The van der Waals surface area contributed by atoms with E-state index in [1.165, 1.54) is 0 Å². The molecule has 1 aromatic carbocycles. The van der Waals surface area contributed by atoms with Crippen molar-refractivity contribution < 1.29 is 28.2 Å². The largest absolute Gasteiger partial charge is 0.444 e. The molecule has 2 atom stereocenters. The van der Waals surface area contributed by atoms with Crippen molar-refractivity contribution in [2.24, 2.45) is 0 Å². The van der Waals surface area contributed by atoms with Crippen LogP contribution in [0.4, 0.5) is 24.5 Å². The van der Waals surface area contributed by atoms with E-state index in [1.54, 1.807) is 27.0 Å². The van der Waals surface area contributed by atoms with Crippen LogP contribution in [0.1, 0.15) is 56.7 Å². The third-order valence-electron chi connectivity index (χ3n) is 8.71. The van der Waals surface area contributed by atoms with Gasteiger partial charge in [0.25, 0.3) is 0 Å². The summed E-state index contributed by atoms with van der Waals surface area (Å²) in [6.45, 7) is 8.32. The highest BCUT2D eigenvalue weighted by molar-refractivity contribution is 7.23. The number of nitrogens with one attached hydrogen (secondary N) is 1. The molecule has 0 saturated carbocycles. The Morgan fingerprint density at radius 2 is 1.98 bits per heavy atom. The lowest BCUT2D eigenvalue weighted by Crippen LogP contribution is -2.45. The Hall–Kier alpha value is -4.03. The number of ether oxygens (including phenoxy) is 2. The lowest BCUT2D eigenvalue weighted by atomic mass is 9.94. The fourth-order valence-corrected chi connectivity index (χ4v) is 7.73. The van der Waals surface area contributed by atoms with Crippen LogP contribution >= 0.6 is 11.3 Å². The van der Waals surface area contributed by atoms with E-state index in [4.69, 9.17) is 14.5 Å². The zero-order valence-corrected chi connectivity index (χ0v) is 26.5. The number of aliphatic hydroxyl groups excluding tert-OH is 1. The van der Waals surface area contributed by atoms with Crippen LogP contribution in [0.3, 0.4) is 0 Å². The summed E-state index contributed by atoms with van der Waals surface area (Å²) in [6, 6.07) is 2.30. The molecule has 3 aliphatic rings. The van der Waals surface area contributed by atoms with Crippen molar-refractivity contribution in [2.75, 3.05) is 36.4 Å². The second-order valence-electron chi connectivity index (χ2n) is 13.0. The molecular formula is C32H33F2N7O4S. The predicted octanol–water partition coefficient (Wildman–Crippen LogP) is 5.47. The Kier molecular flexibility index (Phi) is 7.75. The van der Waals surface area contributed by atoms with Crippen LogP contribution < -0.4 is 10.2 Å². The molecule has 46 heavy (non-hydrogen) atoms. The number of nitrogens with zero attached hydrogens (tertiary/aromatic N) is 6. The SMILES string of the molecule is CC(C)(C)OC(=O)Nc1sc2c(F)cnc(-c3c4c(c5cnc(N6CC[C@@H](N7CCC[C@@H](O)C7)C6)nc5c3F)COC4)c2c1C#N. The molecule has 4 aromatic rings. The number of piperidine rings is 1. The van der Waals surface area contributed by atoms with Gasteiger partial charge in [-0.2, -0.15) is 5.26 Å². The van der Waals surface area contributed by atoms with E-state index in [-0.39, 0.29) is 62.8 Å². The van der Waals surface area contributed by atoms with Gasteiger partial charge < -0.3 is 19.5 Å². The molecule has 14 heteroatoms. The zero-order valence-electron chi connectivity index (χ0n) is 25.7. The van der Waals surface area contributed by atoms with Gasteiger partial charge in [0.05, 0.1) is 41.5 Å². The number of aromatic nitrogens is 3. The number of hydrogen-bond donors (Lipinski definition) is 2. The lowest BCUT2D eigenvalue weighted by molar-refractivity contribution is 0.0513. The van der Waals surface area contributed by atoms with E-state index in [0.29, 0.717) is 42.1 Å². The predicted molar refractivity (Wildman–Crippen MR) is 169 cm³/mol. The number of carbonyl (C=O) groups excluding carboxylic acids is 1. The molecule has 1 amide bonds. The Labute approximate surface area is 267 Å². The molecular weight excluding hydrogens is 616 g/mol. The number of anilines is 2. The van der Waals surface area contributed by atoms with Crippen LogP contribution in [0.25, 0.3) is 32.2 Å². The summed E-state index contributed by atoms with van der Waals surface area (Å²) in [6.07, 6.45) is 4.13. The van der Waals surface area contributed by atoms with Crippen LogP contribution in [0, 0.1) is 23.0 Å². The van der Waals surface area contributed by atoms with E-state index in [9.17, 15) is 15.2 Å². The number of halogens is 2. The van der Waals surface area contributed by atoms with Gasteiger partial charge in [0.2, 0.25) is 5.95 Å². The number of benzene rings is 1. The van der Waals surface area contributed by atoms with E-state index < -0.39 is 23.3 Å². The molecule has 11 nitrogen and oxygen atoms in total. The van der Waals surface area contributed by atoms with Crippen LogP contribution in [0.15, 0.2) is 12.4 Å². The molecule has 0 spiro atoms. The minimum atomic E-state index is -0.804. The number of thiophene rings is 1. The highest BCUT2D eigenvalue weighted by Gasteiger charge is 2.34. The number of fused-ring (bicyclic) bond motifs is 4. The first-order chi connectivity index (χ1) is 22.0. The smallest absolute Gasteiger partial charge is 0.412 e. The summed E-state index contributed by atoms with van der Waals surface area (Å²) in [5.74, 6) is -0.985. The number of carbonyl (C=O) groups is 1. The molecule has 240 valence electrons. The summed E-state index contributed by atoms with van der Waals surface area (Å²) in [7, 11) is 0. The van der Waals surface area contributed by atoms with Gasteiger partial charge in [0.1, 0.15) is 22.2 Å². The Morgan fingerprint density at radius 1 is 1.17 bits per heavy atom. The normalized spacial score (nSPS) is 20.3. The molecule has 0 aliphatic carbocycles. The number of hydrogen-bond acceptors (Lipinski definition) is 11. The maximum absolute atomic E-state index is 16.9. The number of rotatable bonds is 4. The standard InChI is InChI=1S/C32H33F2N7O4S/c1-32(2,3)45-31(43)39-29-18(9-35)24-27(36-11-22(33)28(24)46-29)23-21-15-44-14-20(21)19-10-37-30(38-26(19)25(23)34)41-8-6-16(12-41)40-7-4-5-17(42)13-40/h10-11,16-17,42H,4-8,12-15H2,1-3H3,(H,39,43)/t16-,17-/m1/s1. The molecule has 0 radical (unpaired) electrons. The number of likely N-dealkylation sites (tertiary alicyclic amines) is 1. The van der Waals surface area contributed by atoms with Crippen molar-refractivity contribution in [3.05, 3.63) is 40.7 Å². The van der Waals surface area contributed by atoms with E-state index in [0.717, 1.165) is 43.3 Å². The number of pyridine rings is 1. The Morgan fingerprint density at radius 3 is 2.74 bits per heavy atom. The van der Waals surface area contributed by atoms with E-state index in [1.807, 2.05) is 4.90 Å². The molecule has 2 saturated heterocycles. The van der Waals surface area contributed by atoms with Gasteiger partial charge in [-0.15, -0.1) is 11.3 Å². The van der Waals surface area contributed by atoms with Gasteiger partial charge in [-0.1, -0.05) is 0 Å². The van der Waals surface area contributed by atoms with Crippen LogP contribution in [0.2, 0.25) is 0 Å². The molecule has 2 fully saturated rings. The van der Waals surface area contributed by atoms with Crippen LogP contribution in [-0.4, -0.2) is 75.0 Å². The second-order valence-corrected chi connectivity index (χ2v) is 14.0. The van der Waals surface area contributed by atoms with Crippen LogP contribution in [0.5, 0.6) is 0 Å². The first kappa shape index (κ1) is 30.6.